The highest BCUT2D eigenvalue weighted by molar-refractivity contribution is 8.00. The molecule has 0 aromatic carbocycles. The van der Waals surface area contributed by atoms with E-state index in [1.54, 1.807) is 0 Å². The third kappa shape index (κ3) is 4.57. The number of fused-ring (bicyclic) bond motifs is 1. The Hall–Kier alpha value is -2.72. The number of aliphatic carboxylic acids is 1. The molecule has 0 radical (unpaired) electrons. The van der Waals surface area contributed by atoms with Crippen LogP contribution < -0.4 is 10.6 Å². The van der Waals surface area contributed by atoms with Crippen LogP contribution in [0, 0.1) is 11.3 Å². The molecule has 1 fully saturated rings. The lowest BCUT2D eigenvalue weighted by Crippen LogP contribution is -2.70. The third-order valence-electron chi connectivity index (χ3n) is 3.74. The van der Waals surface area contributed by atoms with Crippen LogP contribution in [0.2, 0.25) is 0 Å². The van der Waals surface area contributed by atoms with Gasteiger partial charge >= 0.3 is 11.9 Å². The zero-order valence-corrected chi connectivity index (χ0v) is 16.2. The van der Waals surface area contributed by atoms with E-state index in [-0.39, 0.29) is 22.8 Å². The van der Waals surface area contributed by atoms with Crippen LogP contribution in [0.1, 0.15) is 6.92 Å². The molecule has 2 aliphatic heterocycles. The Bertz CT molecular complexity index is 779. The van der Waals surface area contributed by atoms with Gasteiger partial charge in [0.05, 0.1) is 17.6 Å². The molecule has 2 rings (SSSR count). The molecular formula is C15H16N4O7S2. The van der Waals surface area contributed by atoms with Crippen molar-refractivity contribution in [3.05, 3.63) is 11.3 Å². The summed E-state index contributed by atoms with van der Waals surface area (Å²) in [5.41, 5.74) is -0.352. The first-order chi connectivity index (χ1) is 13.3. The predicted molar refractivity (Wildman–Crippen MR) is 97.4 cm³/mol. The maximum atomic E-state index is 12.3. The first kappa shape index (κ1) is 21.6. The molecule has 2 aliphatic rings. The van der Waals surface area contributed by atoms with Crippen LogP contribution in [-0.2, 0) is 28.7 Å². The van der Waals surface area contributed by atoms with Crippen molar-refractivity contribution in [2.24, 2.45) is 0 Å². The highest BCUT2D eigenvalue weighted by Crippen LogP contribution is 2.41. The second kappa shape index (κ2) is 9.47. The number of carbonyl (C=O) groups is 5. The molecule has 0 bridgehead atoms. The van der Waals surface area contributed by atoms with E-state index < -0.39 is 47.1 Å². The lowest BCUT2D eigenvalue weighted by atomic mass is 10.0. The summed E-state index contributed by atoms with van der Waals surface area (Å²) in [5.74, 6) is -3.32. The largest absolute Gasteiger partial charge is 0.477 e. The summed E-state index contributed by atoms with van der Waals surface area (Å²) in [5, 5.41) is 22.3. The SMILES string of the molecule is CC(=O)OC(NC(=O)CSCC#N)C1=C(C(=O)O)N2C(=O)[C@H](NC=O)[C@H]2SC1. The zero-order chi connectivity index (χ0) is 20.8. The van der Waals surface area contributed by atoms with E-state index in [0.717, 1.165) is 23.6 Å². The van der Waals surface area contributed by atoms with E-state index in [1.807, 2.05) is 6.07 Å². The highest BCUT2D eigenvalue weighted by Gasteiger charge is 2.54. The number of amides is 3. The summed E-state index contributed by atoms with van der Waals surface area (Å²) < 4.78 is 5.08. The van der Waals surface area contributed by atoms with Crippen LogP contribution in [0.15, 0.2) is 11.3 Å². The van der Waals surface area contributed by atoms with Crippen molar-refractivity contribution < 1.29 is 33.8 Å². The second-order valence-corrected chi connectivity index (χ2v) is 7.65. The molecule has 0 aromatic rings. The maximum Gasteiger partial charge on any atom is 0.352 e. The molecule has 13 heteroatoms. The average Bonchev–Trinajstić information content (AvgIpc) is 2.63. The number of hydrogen-bond acceptors (Lipinski definition) is 9. The van der Waals surface area contributed by atoms with Gasteiger partial charge in [0.15, 0.2) is 0 Å². The van der Waals surface area contributed by atoms with Crippen LogP contribution in [0.25, 0.3) is 0 Å². The topological polar surface area (TPSA) is 166 Å². The van der Waals surface area contributed by atoms with Gasteiger partial charge in [-0.15, -0.1) is 23.5 Å². The first-order valence-electron chi connectivity index (χ1n) is 7.83. The summed E-state index contributed by atoms with van der Waals surface area (Å²) in [6.45, 7) is 1.10. The van der Waals surface area contributed by atoms with Gasteiger partial charge < -0.3 is 20.5 Å². The maximum absolute atomic E-state index is 12.3. The van der Waals surface area contributed by atoms with Gasteiger partial charge in [0, 0.05) is 18.2 Å². The van der Waals surface area contributed by atoms with Gasteiger partial charge in [-0.25, -0.2) is 4.79 Å². The predicted octanol–water partition coefficient (Wildman–Crippen LogP) is -1.38. The van der Waals surface area contributed by atoms with Crippen molar-refractivity contribution in [2.45, 2.75) is 24.6 Å². The van der Waals surface area contributed by atoms with Gasteiger partial charge in [-0.3, -0.25) is 24.1 Å². The molecule has 11 nitrogen and oxygen atoms in total. The number of carboxylic acids is 1. The molecule has 3 amide bonds. The summed E-state index contributed by atoms with van der Waals surface area (Å²) in [4.78, 5) is 59.2. The van der Waals surface area contributed by atoms with E-state index >= 15 is 0 Å². The number of nitrogens with one attached hydrogen (secondary N) is 2. The van der Waals surface area contributed by atoms with E-state index in [2.05, 4.69) is 10.6 Å². The normalized spacial score (nSPS) is 21.6. The standard InChI is InChI=1S/C15H16N4O7S2/c1-7(21)26-12(18-9(22)5-27-3-2-16)8-4-28-14-10(17-6-20)13(23)19(14)11(8)15(24)25/h6,10,12,14H,3-5H2,1H3,(H,17,20)(H,18,22)(H,24,25)/t10-,12?,14+/m0/s1. The molecule has 1 saturated heterocycles. The molecule has 0 spiro atoms. The number of carbonyl (C=O) groups excluding carboxylic acids is 4. The summed E-state index contributed by atoms with van der Waals surface area (Å²) in [6.07, 6.45) is -1.01. The van der Waals surface area contributed by atoms with Crippen LogP contribution >= 0.6 is 23.5 Å². The Morgan fingerprint density at radius 3 is 2.82 bits per heavy atom. The number of β-lactam (4-membered cyclic amide) rings is 1. The van der Waals surface area contributed by atoms with Gasteiger partial charge in [-0.05, 0) is 0 Å². The number of esters is 1. The lowest BCUT2D eigenvalue weighted by molar-refractivity contribution is -0.151. The Morgan fingerprint density at radius 2 is 2.25 bits per heavy atom. The fraction of sp³-hybridized carbons (Fsp3) is 0.467. The number of nitriles is 1. The van der Waals surface area contributed by atoms with Crippen LogP contribution in [0.4, 0.5) is 0 Å². The fourth-order valence-electron chi connectivity index (χ4n) is 2.67. The monoisotopic (exact) mass is 428 g/mol. The van der Waals surface area contributed by atoms with Crippen molar-refractivity contribution in [3.8, 4) is 6.07 Å². The van der Waals surface area contributed by atoms with Crippen molar-refractivity contribution in [1.29, 1.82) is 5.26 Å². The fourth-order valence-corrected chi connectivity index (χ4v) is 4.51. The Kier molecular flexibility index (Phi) is 7.30. The van der Waals surface area contributed by atoms with Crippen LogP contribution in [-0.4, -0.2) is 75.1 Å². The molecule has 3 atom stereocenters. The molecular weight excluding hydrogens is 412 g/mol. The van der Waals surface area contributed by atoms with E-state index in [9.17, 15) is 29.1 Å². The summed E-state index contributed by atoms with van der Waals surface area (Å²) in [7, 11) is 0. The third-order valence-corrected chi connectivity index (χ3v) is 5.84. The number of nitrogens with zero attached hydrogens (tertiary/aromatic N) is 2. The van der Waals surface area contributed by atoms with Gasteiger partial charge in [0.1, 0.15) is 17.1 Å². The lowest BCUT2D eigenvalue weighted by Gasteiger charge is -2.49. The highest BCUT2D eigenvalue weighted by atomic mass is 32.2. The molecule has 1 unspecified atom stereocenters. The average molecular weight is 428 g/mol. The zero-order valence-electron chi connectivity index (χ0n) is 14.5. The van der Waals surface area contributed by atoms with E-state index in [4.69, 9.17) is 10.00 Å². The Morgan fingerprint density at radius 1 is 1.54 bits per heavy atom. The van der Waals surface area contributed by atoms with Crippen molar-refractivity contribution >= 4 is 53.7 Å². The summed E-state index contributed by atoms with van der Waals surface area (Å²) in [6, 6.07) is 1.02. The first-order valence-corrected chi connectivity index (χ1v) is 10.0. The minimum atomic E-state index is -1.43. The molecule has 28 heavy (non-hydrogen) atoms. The van der Waals surface area contributed by atoms with Gasteiger partial charge in [-0.1, -0.05) is 0 Å². The van der Waals surface area contributed by atoms with Gasteiger partial charge in [0.25, 0.3) is 5.91 Å². The Labute approximate surface area is 167 Å². The van der Waals surface area contributed by atoms with E-state index in [1.165, 1.54) is 11.8 Å². The number of ether oxygens (including phenoxy) is 1. The number of thioether (sulfide) groups is 2. The van der Waals surface area contributed by atoms with Crippen LogP contribution in [0.5, 0.6) is 0 Å². The smallest absolute Gasteiger partial charge is 0.352 e. The molecule has 0 aromatic heterocycles. The van der Waals surface area contributed by atoms with Crippen molar-refractivity contribution in [1.82, 2.24) is 15.5 Å². The second-order valence-electron chi connectivity index (χ2n) is 5.56. The quantitative estimate of drug-likeness (QED) is 0.131. The van der Waals surface area contributed by atoms with Crippen molar-refractivity contribution in [2.75, 3.05) is 17.3 Å². The van der Waals surface area contributed by atoms with Crippen LogP contribution in [0.3, 0.4) is 0 Å². The molecule has 2 heterocycles. The summed E-state index contributed by atoms with van der Waals surface area (Å²) >= 11 is 2.21. The minimum absolute atomic E-state index is 0.0421. The molecule has 3 N–H and O–H groups in total. The van der Waals surface area contributed by atoms with Crippen molar-refractivity contribution in [3.63, 3.8) is 0 Å². The van der Waals surface area contributed by atoms with E-state index in [0.29, 0.717) is 6.41 Å². The number of carboxylic acid groups (broad SMARTS) is 1. The Balaban J connectivity index is 2.29. The molecule has 0 saturated carbocycles. The number of hydrogen-bond donors (Lipinski definition) is 3. The number of rotatable bonds is 9. The van der Waals surface area contributed by atoms with Gasteiger partial charge in [0.2, 0.25) is 18.5 Å². The van der Waals surface area contributed by atoms with Gasteiger partial charge in [-0.2, -0.15) is 5.26 Å². The molecule has 0 aliphatic carbocycles. The molecule has 150 valence electrons. The minimum Gasteiger partial charge on any atom is -0.477 e.